The highest BCUT2D eigenvalue weighted by Crippen LogP contribution is 2.19. The number of hydrogen-bond donors (Lipinski definition) is 2. The number of rotatable bonds is 6. The molecule has 0 radical (unpaired) electrons. The molecule has 7 nitrogen and oxygen atoms in total. The van der Waals surface area contributed by atoms with Crippen LogP contribution in [0.3, 0.4) is 0 Å². The van der Waals surface area contributed by atoms with Gasteiger partial charge in [-0.25, -0.2) is 9.18 Å². The molecule has 0 atom stereocenters. The van der Waals surface area contributed by atoms with Crippen molar-refractivity contribution in [3.05, 3.63) is 35.6 Å². The first-order valence-electron chi connectivity index (χ1n) is 9.93. The molecule has 1 aliphatic heterocycles. The molecule has 0 aromatic heterocycles. The van der Waals surface area contributed by atoms with Gasteiger partial charge < -0.3 is 20.3 Å². The minimum absolute atomic E-state index is 0.0942. The van der Waals surface area contributed by atoms with Crippen LogP contribution in [0, 0.1) is 11.7 Å². The van der Waals surface area contributed by atoms with Crippen molar-refractivity contribution in [3.63, 3.8) is 0 Å². The van der Waals surface area contributed by atoms with Gasteiger partial charge in [-0.2, -0.15) is 0 Å². The Kier molecular flexibility index (Phi) is 7.99. The van der Waals surface area contributed by atoms with E-state index in [1.54, 1.807) is 37.8 Å². The van der Waals surface area contributed by atoms with Gasteiger partial charge in [0.15, 0.2) is 0 Å². The average Bonchev–Trinajstić information content (AvgIpc) is 2.65. The van der Waals surface area contributed by atoms with Crippen molar-refractivity contribution in [3.8, 4) is 0 Å². The molecule has 0 saturated carbocycles. The molecule has 1 saturated heterocycles. The summed E-state index contributed by atoms with van der Waals surface area (Å²) in [6, 6.07) is 5.99. The molecule has 0 unspecified atom stereocenters. The third-order valence-electron chi connectivity index (χ3n) is 4.61. The van der Waals surface area contributed by atoms with Crippen LogP contribution in [0.4, 0.5) is 9.18 Å². The number of alkyl carbamates (subject to hydrolysis) is 1. The fourth-order valence-corrected chi connectivity index (χ4v) is 3.08. The first kappa shape index (κ1) is 22.6. The van der Waals surface area contributed by atoms with Crippen LogP contribution in [0.1, 0.15) is 50.4 Å². The van der Waals surface area contributed by atoms with E-state index in [1.807, 2.05) is 0 Å². The van der Waals surface area contributed by atoms with E-state index >= 15 is 0 Å². The number of hydrogen-bond acceptors (Lipinski definition) is 4. The number of benzene rings is 1. The summed E-state index contributed by atoms with van der Waals surface area (Å²) in [5.74, 6) is -0.681. The molecule has 8 heteroatoms. The van der Waals surface area contributed by atoms with Crippen molar-refractivity contribution in [2.24, 2.45) is 5.92 Å². The number of nitrogens with one attached hydrogen (secondary N) is 2. The Morgan fingerprint density at radius 2 is 1.79 bits per heavy atom. The lowest BCUT2D eigenvalue weighted by atomic mass is 9.96. The van der Waals surface area contributed by atoms with Crippen molar-refractivity contribution >= 4 is 17.9 Å². The second kappa shape index (κ2) is 10.2. The maximum Gasteiger partial charge on any atom is 0.407 e. The number of carbonyl (C=O) groups is 3. The molecule has 0 bridgehead atoms. The van der Waals surface area contributed by atoms with Gasteiger partial charge in [-0.05, 0) is 51.7 Å². The zero-order valence-electron chi connectivity index (χ0n) is 17.3. The molecule has 2 N–H and O–H groups in total. The van der Waals surface area contributed by atoms with Gasteiger partial charge in [0, 0.05) is 32.6 Å². The van der Waals surface area contributed by atoms with Crippen LogP contribution in [0.2, 0.25) is 0 Å². The van der Waals surface area contributed by atoms with E-state index in [1.165, 1.54) is 12.1 Å². The predicted molar refractivity (Wildman–Crippen MR) is 107 cm³/mol. The van der Waals surface area contributed by atoms with E-state index in [0.29, 0.717) is 19.6 Å². The van der Waals surface area contributed by atoms with Crippen LogP contribution in [-0.2, 0) is 9.53 Å². The Morgan fingerprint density at radius 1 is 1.14 bits per heavy atom. The standard InChI is InChI=1S/C21H30FN3O4/c1-21(2,3)29-20(28)23-11-8-18(26)24-14-15-9-12-25(13-10-15)19(27)16-6-4-5-7-17(16)22/h4-7,15H,8-14H2,1-3H3,(H,23,28)(H,24,26). The summed E-state index contributed by atoms with van der Waals surface area (Å²) < 4.78 is 18.9. The largest absolute Gasteiger partial charge is 0.444 e. The molecule has 29 heavy (non-hydrogen) atoms. The third kappa shape index (κ3) is 7.71. The van der Waals surface area contributed by atoms with E-state index < -0.39 is 17.5 Å². The summed E-state index contributed by atoms with van der Waals surface area (Å²) in [5, 5.41) is 5.41. The molecular formula is C21H30FN3O4. The number of likely N-dealkylation sites (tertiary alicyclic amines) is 1. The number of carbonyl (C=O) groups excluding carboxylic acids is 3. The van der Waals surface area contributed by atoms with Gasteiger partial charge in [0.2, 0.25) is 5.91 Å². The highest BCUT2D eigenvalue weighted by molar-refractivity contribution is 5.94. The monoisotopic (exact) mass is 407 g/mol. The van der Waals surface area contributed by atoms with E-state index in [0.717, 1.165) is 12.8 Å². The molecule has 2 rings (SSSR count). The highest BCUT2D eigenvalue weighted by atomic mass is 19.1. The Morgan fingerprint density at radius 3 is 2.41 bits per heavy atom. The van der Waals surface area contributed by atoms with Gasteiger partial charge in [-0.1, -0.05) is 12.1 Å². The second-order valence-corrected chi connectivity index (χ2v) is 8.20. The maximum absolute atomic E-state index is 13.8. The van der Waals surface area contributed by atoms with Crippen molar-refractivity contribution in [2.75, 3.05) is 26.2 Å². The summed E-state index contributed by atoms with van der Waals surface area (Å²) in [6.07, 6.45) is 1.12. The fourth-order valence-electron chi connectivity index (χ4n) is 3.08. The summed E-state index contributed by atoms with van der Waals surface area (Å²) in [4.78, 5) is 37.6. The summed E-state index contributed by atoms with van der Waals surface area (Å²) >= 11 is 0. The normalized spacial score (nSPS) is 15.0. The van der Waals surface area contributed by atoms with Crippen molar-refractivity contribution in [2.45, 2.75) is 45.6 Å². The summed E-state index contributed by atoms with van der Waals surface area (Å²) in [6.45, 7) is 7.11. The van der Waals surface area contributed by atoms with Gasteiger partial charge in [-0.3, -0.25) is 9.59 Å². The van der Waals surface area contributed by atoms with Gasteiger partial charge >= 0.3 is 6.09 Å². The lowest BCUT2D eigenvalue weighted by molar-refractivity contribution is -0.121. The lowest BCUT2D eigenvalue weighted by Gasteiger charge is -2.32. The molecule has 0 spiro atoms. The molecule has 160 valence electrons. The Balaban J connectivity index is 1.64. The van der Waals surface area contributed by atoms with Crippen molar-refractivity contribution in [1.82, 2.24) is 15.5 Å². The zero-order chi connectivity index (χ0) is 21.4. The van der Waals surface area contributed by atoms with E-state index in [2.05, 4.69) is 10.6 Å². The van der Waals surface area contributed by atoms with E-state index in [4.69, 9.17) is 4.74 Å². The SMILES string of the molecule is CC(C)(C)OC(=O)NCCC(=O)NCC1CCN(C(=O)c2ccccc2F)CC1. The third-order valence-corrected chi connectivity index (χ3v) is 4.61. The Labute approximate surface area is 171 Å². The number of nitrogens with zero attached hydrogens (tertiary/aromatic N) is 1. The van der Waals surface area contributed by atoms with Crippen LogP contribution in [0.25, 0.3) is 0 Å². The molecule has 0 aliphatic carbocycles. The second-order valence-electron chi connectivity index (χ2n) is 8.20. The van der Waals surface area contributed by atoms with Crippen molar-refractivity contribution < 1.29 is 23.5 Å². The Bertz CT molecular complexity index is 725. The first-order chi connectivity index (χ1) is 13.7. The smallest absolute Gasteiger partial charge is 0.407 e. The van der Waals surface area contributed by atoms with Crippen LogP contribution in [-0.4, -0.2) is 54.6 Å². The number of amides is 3. The highest BCUT2D eigenvalue weighted by Gasteiger charge is 2.25. The molecular weight excluding hydrogens is 377 g/mol. The average molecular weight is 407 g/mol. The quantitative estimate of drug-likeness (QED) is 0.759. The van der Waals surface area contributed by atoms with Gasteiger partial charge in [0.05, 0.1) is 5.56 Å². The van der Waals surface area contributed by atoms with Gasteiger partial charge in [-0.15, -0.1) is 0 Å². The predicted octanol–water partition coefficient (Wildman–Crippen LogP) is 2.71. The lowest BCUT2D eigenvalue weighted by Crippen LogP contribution is -2.42. The molecule has 1 aliphatic rings. The minimum Gasteiger partial charge on any atom is -0.444 e. The van der Waals surface area contributed by atoms with Crippen molar-refractivity contribution in [1.29, 1.82) is 0 Å². The number of ether oxygens (including phenoxy) is 1. The maximum atomic E-state index is 13.8. The summed E-state index contributed by atoms with van der Waals surface area (Å²) in [5.41, 5.74) is -0.480. The van der Waals surface area contributed by atoms with Crippen LogP contribution < -0.4 is 10.6 Å². The Hall–Kier alpha value is -2.64. The van der Waals surface area contributed by atoms with E-state index in [9.17, 15) is 18.8 Å². The fraction of sp³-hybridized carbons (Fsp3) is 0.571. The molecule has 3 amide bonds. The summed E-state index contributed by atoms with van der Waals surface area (Å²) in [7, 11) is 0. The van der Waals surface area contributed by atoms with Gasteiger partial charge in [0.25, 0.3) is 5.91 Å². The first-order valence-corrected chi connectivity index (χ1v) is 9.93. The van der Waals surface area contributed by atoms with Crippen LogP contribution in [0.15, 0.2) is 24.3 Å². The molecule has 1 heterocycles. The van der Waals surface area contributed by atoms with Crippen LogP contribution >= 0.6 is 0 Å². The van der Waals surface area contributed by atoms with Gasteiger partial charge in [0.1, 0.15) is 11.4 Å². The molecule has 1 aromatic rings. The van der Waals surface area contributed by atoms with Crippen LogP contribution in [0.5, 0.6) is 0 Å². The number of halogens is 1. The minimum atomic E-state index is -0.575. The van der Waals surface area contributed by atoms with E-state index in [-0.39, 0.29) is 36.3 Å². The molecule has 1 aromatic carbocycles. The topological polar surface area (TPSA) is 87.7 Å². The number of piperidine rings is 1. The zero-order valence-corrected chi connectivity index (χ0v) is 17.3. The molecule has 1 fully saturated rings.